The number of hydrogen-bond acceptors (Lipinski definition) is 15. The van der Waals surface area contributed by atoms with Crippen LogP contribution in [-0.4, -0.2) is 142 Å². The minimum Gasteiger partial charge on any atom is -0.462 e. The molecule has 7 N–H and O–H groups in total. The van der Waals surface area contributed by atoms with Gasteiger partial charge in [-0.1, -0.05) is 127 Å². The van der Waals surface area contributed by atoms with E-state index < -0.39 is 92.7 Å². The average molecular weight is 915 g/mol. The number of carbonyl (C=O) groups is 2. The number of unbranched alkanes of at least 4 members (excludes halogenated alkanes) is 17. The molecule has 2 fully saturated rings. The molecule has 15 nitrogen and oxygen atoms in total. The summed E-state index contributed by atoms with van der Waals surface area (Å²) in [5.41, 5.74) is 0. The highest BCUT2D eigenvalue weighted by Gasteiger charge is 2.47. The highest BCUT2D eigenvalue weighted by atomic mass is 16.7. The zero-order chi connectivity index (χ0) is 46.8. The summed E-state index contributed by atoms with van der Waals surface area (Å²) in [7, 11) is 0. The van der Waals surface area contributed by atoms with Crippen molar-refractivity contribution >= 4 is 11.9 Å². The Morgan fingerprint density at radius 3 is 1.52 bits per heavy atom. The van der Waals surface area contributed by atoms with E-state index in [1.807, 2.05) is 0 Å². The van der Waals surface area contributed by atoms with Gasteiger partial charge in [-0.05, 0) is 64.2 Å². The SMILES string of the molecule is CCCC/C=C\CCCCCCCC(=O)OCC(COC1OC(COC2OC(CO)C(O)C(O)C2O)C(O)C(O)C1O)OC(=O)CCCCCCCCC/C=C\C/C=C\CCCCC. The Balaban J connectivity index is 1.83. The number of ether oxygens (including phenoxy) is 6. The summed E-state index contributed by atoms with van der Waals surface area (Å²) in [6, 6.07) is 0. The Kier molecular flexibility index (Phi) is 33.3. The number of aliphatic hydroxyl groups is 7. The highest BCUT2D eigenvalue weighted by Crippen LogP contribution is 2.26. The lowest BCUT2D eigenvalue weighted by molar-refractivity contribution is -0.332. The van der Waals surface area contributed by atoms with Gasteiger partial charge in [0.1, 0.15) is 55.4 Å². The van der Waals surface area contributed by atoms with E-state index in [4.69, 9.17) is 28.4 Å². The molecule has 2 rings (SSSR count). The molecule has 0 aromatic carbocycles. The number of hydrogen-bond donors (Lipinski definition) is 7. The van der Waals surface area contributed by atoms with Crippen LogP contribution in [0.3, 0.4) is 0 Å². The fourth-order valence-corrected chi connectivity index (χ4v) is 7.46. The lowest BCUT2D eigenvalue weighted by atomic mass is 9.98. The minimum atomic E-state index is -1.77. The fourth-order valence-electron chi connectivity index (χ4n) is 7.46. The fraction of sp³-hybridized carbons (Fsp3) is 0.837. The topological polar surface area (TPSA) is 231 Å². The average Bonchev–Trinajstić information content (AvgIpc) is 3.29. The van der Waals surface area contributed by atoms with Gasteiger partial charge in [0, 0.05) is 12.8 Å². The maximum atomic E-state index is 13.0. The molecule has 0 bridgehead atoms. The molecule has 11 unspecified atom stereocenters. The molecule has 0 amide bonds. The summed E-state index contributed by atoms with van der Waals surface area (Å²) in [5.74, 6) is -0.946. The first kappa shape index (κ1) is 57.8. The van der Waals surface area contributed by atoms with Gasteiger partial charge in [-0.25, -0.2) is 0 Å². The third-order valence-corrected chi connectivity index (χ3v) is 11.6. The van der Waals surface area contributed by atoms with Crippen LogP contribution in [0.5, 0.6) is 0 Å². The third-order valence-electron chi connectivity index (χ3n) is 11.6. The molecule has 11 atom stereocenters. The number of rotatable bonds is 37. The number of aliphatic hydroxyl groups excluding tert-OH is 7. The summed E-state index contributed by atoms with van der Waals surface area (Å²) < 4.78 is 33.5. The van der Waals surface area contributed by atoms with E-state index in [0.717, 1.165) is 96.3 Å². The Morgan fingerprint density at radius 1 is 0.500 bits per heavy atom. The molecular formula is C49H86O15. The quantitative estimate of drug-likeness (QED) is 0.0211. The Labute approximate surface area is 383 Å². The molecule has 0 radical (unpaired) electrons. The Hall–Kier alpha value is -2.28. The van der Waals surface area contributed by atoms with Gasteiger partial charge in [0.25, 0.3) is 0 Å². The number of carbonyl (C=O) groups excluding carboxylic acids is 2. The van der Waals surface area contributed by atoms with Gasteiger partial charge in [-0.2, -0.15) is 0 Å². The van der Waals surface area contributed by atoms with Gasteiger partial charge in [-0.15, -0.1) is 0 Å². The molecule has 2 heterocycles. The van der Waals surface area contributed by atoms with Gasteiger partial charge >= 0.3 is 11.9 Å². The van der Waals surface area contributed by atoms with Crippen molar-refractivity contribution in [1.29, 1.82) is 0 Å². The third kappa shape index (κ3) is 25.0. The zero-order valence-corrected chi connectivity index (χ0v) is 39.0. The van der Waals surface area contributed by atoms with Crippen molar-refractivity contribution in [3.05, 3.63) is 36.5 Å². The smallest absolute Gasteiger partial charge is 0.306 e. The van der Waals surface area contributed by atoms with Gasteiger partial charge in [-0.3, -0.25) is 9.59 Å². The van der Waals surface area contributed by atoms with Crippen molar-refractivity contribution in [1.82, 2.24) is 0 Å². The largest absolute Gasteiger partial charge is 0.462 e. The lowest BCUT2D eigenvalue weighted by Crippen LogP contribution is -2.61. The number of allylic oxidation sites excluding steroid dienone is 6. The van der Waals surface area contributed by atoms with E-state index in [-0.39, 0.29) is 26.1 Å². The van der Waals surface area contributed by atoms with Crippen molar-refractivity contribution < 1.29 is 73.8 Å². The van der Waals surface area contributed by atoms with Crippen LogP contribution >= 0.6 is 0 Å². The van der Waals surface area contributed by atoms with Gasteiger partial charge < -0.3 is 64.2 Å². The molecule has 0 aliphatic carbocycles. The molecule has 2 aliphatic rings. The summed E-state index contributed by atoms with van der Waals surface area (Å²) in [5, 5.41) is 71.9. The van der Waals surface area contributed by atoms with Crippen LogP contribution in [0, 0.1) is 0 Å². The summed E-state index contributed by atoms with van der Waals surface area (Å²) in [6.45, 7) is 2.49. The van der Waals surface area contributed by atoms with Crippen molar-refractivity contribution in [2.24, 2.45) is 0 Å². The molecule has 0 aromatic rings. The van der Waals surface area contributed by atoms with E-state index in [0.29, 0.717) is 12.8 Å². The monoisotopic (exact) mass is 915 g/mol. The first-order valence-corrected chi connectivity index (χ1v) is 24.6. The molecule has 2 aliphatic heterocycles. The van der Waals surface area contributed by atoms with E-state index in [1.165, 1.54) is 32.1 Å². The Morgan fingerprint density at radius 2 is 0.953 bits per heavy atom. The van der Waals surface area contributed by atoms with Crippen molar-refractivity contribution in [3.63, 3.8) is 0 Å². The highest BCUT2D eigenvalue weighted by molar-refractivity contribution is 5.70. The molecular weight excluding hydrogens is 829 g/mol. The van der Waals surface area contributed by atoms with Crippen molar-refractivity contribution in [3.8, 4) is 0 Å². The van der Waals surface area contributed by atoms with E-state index in [1.54, 1.807) is 0 Å². The van der Waals surface area contributed by atoms with Crippen LogP contribution in [-0.2, 0) is 38.0 Å². The molecule has 0 aromatic heterocycles. The van der Waals surface area contributed by atoms with Crippen LogP contribution in [0.1, 0.15) is 168 Å². The molecule has 64 heavy (non-hydrogen) atoms. The maximum Gasteiger partial charge on any atom is 0.306 e. The Bertz CT molecular complexity index is 1260. The van der Waals surface area contributed by atoms with Crippen LogP contribution in [0.4, 0.5) is 0 Å². The standard InChI is InChI=1S/C49H86O15/c1-3-5-7-9-11-13-15-16-17-18-19-20-22-24-26-28-30-32-41(52)62-37(34-59-40(51)31-29-27-25-23-21-14-12-10-8-6-4-2)35-60-48-47(58)45(56)43(54)39(64-48)36-61-49-46(57)44(55)42(53)38(33-50)63-49/h10-13,16-17,37-39,42-50,53-58H,3-9,14-15,18-36H2,1-2H3/b12-10-,13-11-,17-16-. The maximum absolute atomic E-state index is 13.0. The van der Waals surface area contributed by atoms with Crippen molar-refractivity contribution in [2.45, 2.75) is 235 Å². The first-order chi connectivity index (χ1) is 31.0. The molecule has 0 spiro atoms. The normalized spacial score (nSPS) is 26.9. The predicted molar refractivity (Wildman–Crippen MR) is 243 cm³/mol. The second kappa shape index (κ2) is 36.8. The van der Waals surface area contributed by atoms with Crippen LogP contribution in [0.15, 0.2) is 36.5 Å². The van der Waals surface area contributed by atoms with Gasteiger partial charge in [0.15, 0.2) is 18.7 Å². The molecule has 372 valence electrons. The van der Waals surface area contributed by atoms with E-state index in [9.17, 15) is 45.3 Å². The number of esters is 2. The van der Waals surface area contributed by atoms with E-state index >= 15 is 0 Å². The molecule has 2 saturated heterocycles. The van der Waals surface area contributed by atoms with Crippen molar-refractivity contribution in [2.75, 3.05) is 26.4 Å². The van der Waals surface area contributed by atoms with E-state index in [2.05, 4.69) is 50.3 Å². The second-order valence-electron chi connectivity index (χ2n) is 17.3. The van der Waals surface area contributed by atoms with Gasteiger partial charge in [0.05, 0.1) is 19.8 Å². The zero-order valence-electron chi connectivity index (χ0n) is 39.0. The van der Waals surface area contributed by atoms with Gasteiger partial charge in [0.2, 0.25) is 0 Å². The lowest BCUT2D eigenvalue weighted by Gasteiger charge is -2.42. The summed E-state index contributed by atoms with van der Waals surface area (Å²) in [4.78, 5) is 25.7. The second-order valence-corrected chi connectivity index (χ2v) is 17.3. The first-order valence-electron chi connectivity index (χ1n) is 24.6. The van der Waals surface area contributed by atoms with Crippen LogP contribution < -0.4 is 0 Å². The summed E-state index contributed by atoms with van der Waals surface area (Å²) >= 11 is 0. The predicted octanol–water partition coefficient (Wildman–Crippen LogP) is 6.15. The minimum absolute atomic E-state index is 0.154. The van der Waals surface area contributed by atoms with Crippen LogP contribution in [0.25, 0.3) is 0 Å². The van der Waals surface area contributed by atoms with Crippen LogP contribution in [0.2, 0.25) is 0 Å². The molecule has 0 saturated carbocycles. The summed E-state index contributed by atoms with van der Waals surface area (Å²) in [6.07, 6.45) is 20.3. The molecule has 15 heteroatoms.